The Morgan fingerprint density at radius 3 is 1.70 bits per heavy atom. The van der Waals surface area contributed by atoms with Crippen molar-refractivity contribution in [3.63, 3.8) is 0 Å². The van der Waals surface area contributed by atoms with Crippen LogP contribution in [-0.4, -0.2) is 319 Å². The number of aliphatic carboxylic acids is 3. The topological polar surface area (TPSA) is 463 Å². The van der Waals surface area contributed by atoms with E-state index in [2.05, 4.69) is 27.4 Å². The minimum atomic E-state index is -1.95. The van der Waals surface area contributed by atoms with Crippen molar-refractivity contribution >= 4 is 106 Å². The fourth-order valence-electron chi connectivity index (χ4n) is 14.5. The summed E-state index contributed by atoms with van der Waals surface area (Å²) in [5, 5.41) is 58.2. The molecule has 36 heteroatoms. The van der Waals surface area contributed by atoms with Gasteiger partial charge in [0.1, 0.15) is 30.0 Å². The summed E-state index contributed by atoms with van der Waals surface area (Å²) in [4.78, 5) is 206. The number of esters is 1. The van der Waals surface area contributed by atoms with Crippen molar-refractivity contribution in [3.8, 4) is 0 Å². The van der Waals surface area contributed by atoms with Crippen LogP contribution in [0.15, 0.2) is 60.9 Å². The molecule has 9 atom stereocenters. The largest absolute Gasteiger partial charge is 0.512 e. The van der Waals surface area contributed by atoms with E-state index in [0.717, 1.165) is 29.5 Å². The van der Waals surface area contributed by atoms with Crippen LogP contribution in [0.1, 0.15) is 120 Å². The number of ketones is 2. The number of fused-ring (bicyclic) bond motifs is 4. The number of nitrogens with one attached hydrogen (secondary N) is 3. The molecule has 619 valence electrons. The smallest absolute Gasteiger partial charge is 0.317 e. The van der Waals surface area contributed by atoms with Gasteiger partial charge in [0.05, 0.1) is 62.3 Å². The Morgan fingerprint density at radius 1 is 0.607 bits per heavy atom. The number of piperazine rings is 1. The van der Waals surface area contributed by atoms with Crippen molar-refractivity contribution in [1.82, 2.24) is 55.1 Å². The first kappa shape index (κ1) is 93.9. The van der Waals surface area contributed by atoms with Crippen LogP contribution in [0.4, 0.5) is 0 Å². The number of rotatable bonds is 27. The molecular formula is C76H111EuN13O20S2. The molecule has 0 saturated carbocycles. The van der Waals surface area contributed by atoms with Gasteiger partial charge >= 0.3 is 23.9 Å². The zero-order chi connectivity index (χ0) is 80.8. The average Bonchev–Trinajstić information content (AvgIpc) is 1.64. The van der Waals surface area contributed by atoms with E-state index in [4.69, 9.17) is 16.2 Å². The Morgan fingerprint density at radius 2 is 1.15 bits per heavy atom. The molecule has 4 saturated heterocycles. The summed E-state index contributed by atoms with van der Waals surface area (Å²) in [7, 11) is 0. The molecule has 2 aromatic carbocycles. The Labute approximate surface area is 702 Å². The van der Waals surface area contributed by atoms with Gasteiger partial charge in [-0.15, -0.1) is 0 Å². The third kappa shape index (κ3) is 31.3. The molecule has 1 radical (unpaired) electrons. The summed E-state index contributed by atoms with van der Waals surface area (Å²) in [6.07, 6.45) is -2.68. The first-order valence-electron chi connectivity index (χ1n) is 38.2. The van der Waals surface area contributed by atoms with Gasteiger partial charge < -0.3 is 72.4 Å². The van der Waals surface area contributed by atoms with Crippen molar-refractivity contribution < 1.29 is 147 Å². The first-order chi connectivity index (χ1) is 52.9. The Bertz CT molecular complexity index is 3570. The second-order valence-corrected chi connectivity index (χ2v) is 31.5. The number of ether oxygens (including phenoxy) is 1. The molecule has 0 aliphatic carbocycles. The standard InChI is InChI=1S/C76H111N13O20S2.Eu/c1-4-5-7-14-57(92)37-55-47-110-45-53-33-52(41-83-29-31-87(32-30-83)65(95)42-84-23-21-82(40-49(2)90)22-25-85(43-67(98)99)27-28-86(26-24-84)44-68(100)101)34-54(35-53)46-111-48-56(76(108)109-63(70(78)102)39-66(96)97)38-62(93)59(36-51-12-8-6-9-13-51)80-71(103)58(17-18-64(77)94)79-73(105)69(50(3)91)81-72(104)60-15-10-19-88(60)75(107)61-16-11-20-89(61)74(55)106;/h6,8-9,12-13,33-35,50,55-56,58-61,63,69,90-91H,2,4-5,7,10-11,14-32,36-48H2,1,3H3,(H2,77,94)(H2,78,102)(H,79,105)(H,80,103)(H,81,104)(H,96,97)(H,98,99)(H,100,101);/t50-,55+,56+,58+,59+,60+,61+,63+,69+;/m1./s1. The van der Waals surface area contributed by atoms with Gasteiger partial charge in [0.25, 0.3) is 5.91 Å². The van der Waals surface area contributed by atoms with E-state index in [9.17, 15) is 83.1 Å². The van der Waals surface area contributed by atoms with Gasteiger partial charge in [-0.2, -0.15) is 23.5 Å². The van der Waals surface area contributed by atoms with E-state index < -0.39 is 151 Å². The number of thioether (sulfide) groups is 2. The van der Waals surface area contributed by atoms with E-state index in [0.29, 0.717) is 96.0 Å². The predicted octanol–water partition coefficient (Wildman–Crippen LogP) is 0.202. The van der Waals surface area contributed by atoms with Crippen LogP contribution in [-0.2, 0) is 96.3 Å². The van der Waals surface area contributed by atoms with Crippen molar-refractivity contribution in [3.05, 3.63) is 83.1 Å². The third-order valence-corrected chi connectivity index (χ3v) is 22.8. The third-order valence-electron chi connectivity index (χ3n) is 20.5. The molecule has 5 aliphatic heterocycles. The van der Waals surface area contributed by atoms with E-state index in [1.807, 2.05) is 34.9 Å². The fraction of sp³-hybridized carbons (Fsp3) is 0.632. The number of Topliss-reactive ketones (excluding diaryl/α,β-unsaturated/α-hetero) is 2. The molecule has 4 fully saturated rings. The number of carbonyl (C=O) groups excluding carboxylic acids is 11. The minimum absolute atomic E-state index is 0. The number of nitrogens with two attached hydrogens (primary N) is 2. The number of hydrogen-bond acceptors (Lipinski definition) is 24. The number of aliphatic hydroxyl groups is 2. The number of nitrogens with zero attached hydrogens (tertiary/aromatic N) is 8. The Kier molecular flexibility index (Phi) is 40.0. The van der Waals surface area contributed by atoms with Crippen LogP contribution in [0, 0.1) is 61.2 Å². The maximum Gasteiger partial charge on any atom is 0.317 e. The summed E-state index contributed by atoms with van der Waals surface area (Å²) < 4.78 is 5.49. The normalized spacial score (nSPS) is 23.5. The minimum Gasteiger partial charge on any atom is -0.512 e. The maximum atomic E-state index is 15.1. The quantitative estimate of drug-likeness (QED) is 0.0324. The van der Waals surface area contributed by atoms with Crippen LogP contribution in [0.2, 0.25) is 0 Å². The molecule has 2 aromatic rings. The number of primary amides is 2. The predicted molar refractivity (Wildman–Crippen MR) is 411 cm³/mol. The van der Waals surface area contributed by atoms with Crippen molar-refractivity contribution in [2.24, 2.45) is 23.3 Å². The zero-order valence-corrected chi connectivity index (χ0v) is 68.0. The molecule has 33 nitrogen and oxygen atoms in total. The summed E-state index contributed by atoms with van der Waals surface area (Å²) in [5.41, 5.74) is 14.0. The van der Waals surface area contributed by atoms with Gasteiger partial charge in [0.2, 0.25) is 41.4 Å². The maximum absolute atomic E-state index is 15.1. The summed E-state index contributed by atoms with van der Waals surface area (Å²) in [5.74, 6) is -13.6. The monoisotopic (exact) mass is 1740 g/mol. The SMILES string of the molecule is C=C(O)CN1CCN(CC(=O)O)CCN(CC(=O)O)CCN(CC(=O)N2CCN(Cc3cc4cc(c3)CSC[C@H](CC(=O)CCCCC)C(=O)N3CCC[C@H]3C(=O)N3CCC[C@H]3C(=O)N[C@@H]([C@@H](C)O)C(=O)N[C@@H](CCC(N)=O)C(=O)N[C@@H](Cc3ccccc3)C(=O)C[C@H](C(=O)O[C@@H](CC(=O)O)C(N)=O)CSC4)CC2)CC1.[Eu]. The van der Waals surface area contributed by atoms with Crippen LogP contribution in [0.25, 0.3) is 0 Å². The fourth-order valence-corrected chi connectivity index (χ4v) is 16.6. The van der Waals surface area contributed by atoms with Gasteiger partial charge in [-0.3, -0.25) is 91.6 Å². The molecule has 5 heterocycles. The van der Waals surface area contributed by atoms with Crippen LogP contribution in [0.5, 0.6) is 0 Å². The van der Waals surface area contributed by atoms with Crippen molar-refractivity contribution in [1.29, 1.82) is 0 Å². The number of hydrogen-bond donors (Lipinski definition) is 10. The number of amides is 8. The first-order valence-corrected chi connectivity index (χ1v) is 40.5. The van der Waals surface area contributed by atoms with Gasteiger partial charge in [-0.05, 0) is 74.1 Å². The molecule has 0 unspecified atom stereocenters. The number of unbranched alkanes of at least 4 members (excludes halogenated alkanes) is 2. The van der Waals surface area contributed by atoms with Crippen molar-refractivity contribution in [2.45, 2.75) is 164 Å². The second-order valence-electron chi connectivity index (χ2n) is 29.4. The van der Waals surface area contributed by atoms with Gasteiger partial charge in [-0.1, -0.05) is 74.9 Å². The molecule has 112 heavy (non-hydrogen) atoms. The molecule has 0 aromatic heterocycles. The Hall–Kier alpha value is -7.00. The summed E-state index contributed by atoms with van der Waals surface area (Å²) in [6, 6.07) is 7.32. The van der Waals surface area contributed by atoms with Gasteiger partial charge in [0, 0.05) is 196 Å². The Balaban J connectivity index is 0.0000196. The molecule has 12 N–H and O–H groups in total. The van der Waals surface area contributed by atoms with E-state index in [1.165, 1.54) is 40.2 Å². The molecule has 5 aliphatic rings. The average molecular weight is 1740 g/mol. The number of aliphatic hydroxyl groups excluding tert-OH is 2. The van der Waals surface area contributed by atoms with Crippen LogP contribution >= 0.6 is 23.5 Å². The zero-order valence-electron chi connectivity index (χ0n) is 64.0. The number of carbonyl (C=O) groups is 14. The molecule has 7 rings (SSSR count). The number of carboxylic acids is 3. The number of carboxylic acid groups (broad SMARTS) is 3. The van der Waals surface area contributed by atoms with Gasteiger partial charge in [-0.25, -0.2) is 0 Å². The van der Waals surface area contributed by atoms with Crippen molar-refractivity contribution in [2.75, 3.05) is 129 Å². The second kappa shape index (κ2) is 47.8. The van der Waals surface area contributed by atoms with Crippen LogP contribution in [0.3, 0.4) is 0 Å². The number of benzene rings is 2. The molecule has 8 amide bonds. The van der Waals surface area contributed by atoms with E-state index in [1.54, 1.807) is 45.0 Å². The molecule has 2 bridgehead atoms. The summed E-state index contributed by atoms with van der Waals surface area (Å²) >= 11 is 2.61. The van der Waals surface area contributed by atoms with E-state index in [-0.39, 0.29) is 175 Å². The van der Waals surface area contributed by atoms with E-state index >= 15 is 9.59 Å². The summed E-state index contributed by atoms with van der Waals surface area (Å²) in [6.45, 7) is 11.3. The van der Waals surface area contributed by atoms with Gasteiger partial charge in [0.15, 0.2) is 11.9 Å². The van der Waals surface area contributed by atoms with Crippen LogP contribution < -0.4 is 27.4 Å². The molecule has 0 spiro atoms. The molecular weight excluding hydrogens is 1630 g/mol.